The Morgan fingerprint density at radius 1 is 0.765 bits per heavy atom. The minimum Gasteiger partial charge on any atom is -0.478 e. The summed E-state index contributed by atoms with van der Waals surface area (Å²) in [6.07, 6.45) is 1.06. The van der Waals surface area contributed by atoms with Gasteiger partial charge in [0.05, 0.1) is 5.56 Å². The van der Waals surface area contributed by atoms with Crippen molar-refractivity contribution in [3.63, 3.8) is 0 Å². The fourth-order valence-corrected chi connectivity index (χ4v) is 3.71. The highest BCUT2D eigenvalue weighted by Crippen LogP contribution is 2.24. The molecule has 0 bridgehead atoms. The highest BCUT2D eigenvalue weighted by Gasteiger charge is 2.20. The molecule has 0 aliphatic heterocycles. The van der Waals surface area contributed by atoms with Crippen LogP contribution in [0.1, 0.15) is 69.9 Å². The third-order valence-electron chi connectivity index (χ3n) is 5.45. The SMILES string of the molecule is CC(C)Cc1ccc(Oc2ccc(CC(=O)c3ccc(C(=O)C(C)C)cc3C(=O)O)cc2)cc1. The molecule has 0 unspecified atom stereocenters. The van der Waals surface area contributed by atoms with Gasteiger partial charge in [-0.05, 0) is 59.9 Å². The molecular formula is C29H30O5. The first-order valence-corrected chi connectivity index (χ1v) is 11.4. The average Bonchev–Trinajstić information content (AvgIpc) is 2.80. The van der Waals surface area contributed by atoms with Gasteiger partial charge < -0.3 is 9.84 Å². The molecule has 0 amide bonds. The molecule has 5 nitrogen and oxygen atoms in total. The third-order valence-corrected chi connectivity index (χ3v) is 5.45. The minimum absolute atomic E-state index is 0.0436. The van der Waals surface area contributed by atoms with E-state index in [9.17, 15) is 19.5 Å². The van der Waals surface area contributed by atoms with E-state index in [4.69, 9.17) is 4.74 Å². The molecule has 5 heteroatoms. The van der Waals surface area contributed by atoms with Gasteiger partial charge in [0.25, 0.3) is 0 Å². The van der Waals surface area contributed by atoms with E-state index in [1.807, 2.05) is 12.1 Å². The Morgan fingerprint density at radius 2 is 1.32 bits per heavy atom. The predicted octanol–water partition coefficient (Wildman–Crippen LogP) is 6.64. The fourth-order valence-electron chi connectivity index (χ4n) is 3.71. The van der Waals surface area contributed by atoms with E-state index < -0.39 is 5.97 Å². The summed E-state index contributed by atoms with van der Waals surface area (Å²) in [5.74, 6) is -0.00283. The molecule has 0 aliphatic carbocycles. The summed E-state index contributed by atoms with van der Waals surface area (Å²) in [5.41, 5.74) is 2.23. The maximum Gasteiger partial charge on any atom is 0.336 e. The van der Waals surface area contributed by atoms with Crippen molar-refractivity contribution >= 4 is 17.5 Å². The maximum absolute atomic E-state index is 12.9. The zero-order chi connectivity index (χ0) is 24.8. The number of carbonyl (C=O) groups is 3. The molecule has 0 radical (unpaired) electrons. The van der Waals surface area contributed by atoms with Crippen LogP contribution in [0.25, 0.3) is 0 Å². The van der Waals surface area contributed by atoms with Crippen molar-refractivity contribution in [1.29, 1.82) is 0 Å². The lowest BCUT2D eigenvalue weighted by Gasteiger charge is -2.10. The van der Waals surface area contributed by atoms with Crippen LogP contribution in [-0.4, -0.2) is 22.6 Å². The van der Waals surface area contributed by atoms with E-state index in [1.54, 1.807) is 38.1 Å². The van der Waals surface area contributed by atoms with Gasteiger partial charge in [-0.15, -0.1) is 0 Å². The summed E-state index contributed by atoms with van der Waals surface area (Å²) in [5, 5.41) is 9.58. The number of Topliss-reactive ketones (excluding diaryl/α,β-unsaturated/α-hetero) is 2. The van der Waals surface area contributed by atoms with Gasteiger partial charge in [-0.1, -0.05) is 58.0 Å². The van der Waals surface area contributed by atoms with Crippen LogP contribution < -0.4 is 4.74 Å². The van der Waals surface area contributed by atoms with Crippen LogP contribution >= 0.6 is 0 Å². The number of hydrogen-bond acceptors (Lipinski definition) is 4. The average molecular weight is 459 g/mol. The number of carboxylic acid groups (broad SMARTS) is 1. The van der Waals surface area contributed by atoms with E-state index in [0.29, 0.717) is 17.2 Å². The van der Waals surface area contributed by atoms with Crippen molar-refractivity contribution in [1.82, 2.24) is 0 Å². The molecule has 0 fully saturated rings. The Balaban J connectivity index is 1.70. The molecule has 3 aromatic rings. The number of aromatic carboxylic acids is 1. The van der Waals surface area contributed by atoms with E-state index in [-0.39, 0.29) is 35.0 Å². The molecule has 0 aliphatic rings. The summed E-state index contributed by atoms with van der Waals surface area (Å²) < 4.78 is 5.89. The second-order valence-electron chi connectivity index (χ2n) is 9.17. The van der Waals surface area contributed by atoms with Crippen molar-refractivity contribution in [2.45, 2.75) is 40.5 Å². The van der Waals surface area contributed by atoms with Crippen LogP contribution in [0.15, 0.2) is 66.7 Å². The van der Waals surface area contributed by atoms with Crippen molar-refractivity contribution in [2.24, 2.45) is 11.8 Å². The Hall–Kier alpha value is -3.73. The molecule has 0 atom stereocenters. The maximum atomic E-state index is 12.9. The lowest BCUT2D eigenvalue weighted by molar-refractivity contribution is 0.0692. The van der Waals surface area contributed by atoms with Crippen molar-refractivity contribution < 1.29 is 24.2 Å². The summed E-state index contributed by atoms with van der Waals surface area (Å²) in [7, 11) is 0. The first-order chi connectivity index (χ1) is 16.1. The molecule has 0 spiro atoms. The van der Waals surface area contributed by atoms with Gasteiger partial charge in [-0.2, -0.15) is 0 Å². The Kier molecular flexibility index (Phi) is 8.00. The van der Waals surface area contributed by atoms with Crippen molar-refractivity contribution in [3.8, 4) is 11.5 Å². The molecule has 0 heterocycles. The molecule has 3 rings (SSSR count). The largest absolute Gasteiger partial charge is 0.478 e. The van der Waals surface area contributed by atoms with Gasteiger partial charge in [-0.3, -0.25) is 9.59 Å². The summed E-state index contributed by atoms with van der Waals surface area (Å²) in [6, 6.07) is 19.4. The van der Waals surface area contributed by atoms with Crippen LogP contribution in [0, 0.1) is 11.8 Å². The van der Waals surface area contributed by atoms with Gasteiger partial charge >= 0.3 is 5.97 Å². The Morgan fingerprint density at radius 3 is 1.82 bits per heavy atom. The van der Waals surface area contributed by atoms with Gasteiger partial charge in [0.2, 0.25) is 0 Å². The van der Waals surface area contributed by atoms with Crippen LogP contribution in [0.3, 0.4) is 0 Å². The molecule has 0 saturated carbocycles. The number of carbonyl (C=O) groups excluding carboxylic acids is 2. The fraction of sp³-hybridized carbons (Fsp3) is 0.276. The molecule has 0 aromatic heterocycles. The van der Waals surface area contributed by atoms with Crippen LogP contribution in [-0.2, 0) is 12.8 Å². The first kappa shape index (κ1) is 24.9. The van der Waals surface area contributed by atoms with E-state index in [1.165, 1.54) is 23.8 Å². The second kappa shape index (κ2) is 10.9. The van der Waals surface area contributed by atoms with Gasteiger partial charge in [0, 0.05) is 23.5 Å². The van der Waals surface area contributed by atoms with Crippen LogP contribution in [0.4, 0.5) is 0 Å². The Bertz CT molecular complexity index is 1170. The van der Waals surface area contributed by atoms with Crippen molar-refractivity contribution in [3.05, 3.63) is 94.5 Å². The molecule has 1 N–H and O–H groups in total. The number of carboxylic acids is 1. The standard InChI is InChI=1S/C29H30O5/c1-18(2)15-20-5-10-23(11-6-20)34-24-12-7-21(8-13-24)16-27(30)25-14-9-22(28(31)19(3)4)17-26(25)29(32)33/h5-14,17-19H,15-16H2,1-4H3,(H,32,33). The second-order valence-corrected chi connectivity index (χ2v) is 9.17. The zero-order valence-electron chi connectivity index (χ0n) is 20.0. The first-order valence-electron chi connectivity index (χ1n) is 11.4. The number of hydrogen-bond donors (Lipinski definition) is 1. The highest BCUT2D eigenvalue weighted by molar-refractivity contribution is 6.08. The van der Waals surface area contributed by atoms with Crippen LogP contribution in [0.5, 0.6) is 11.5 Å². The normalized spacial score (nSPS) is 11.0. The monoisotopic (exact) mass is 458 g/mol. The molecule has 3 aromatic carbocycles. The van der Waals surface area contributed by atoms with Crippen LogP contribution in [0.2, 0.25) is 0 Å². The third kappa shape index (κ3) is 6.41. The van der Waals surface area contributed by atoms with E-state index >= 15 is 0 Å². The molecule has 34 heavy (non-hydrogen) atoms. The van der Waals surface area contributed by atoms with Crippen molar-refractivity contribution in [2.75, 3.05) is 0 Å². The van der Waals surface area contributed by atoms with Gasteiger partial charge in [-0.25, -0.2) is 4.79 Å². The molecule has 0 saturated heterocycles. The molecular weight excluding hydrogens is 428 g/mol. The van der Waals surface area contributed by atoms with E-state index in [0.717, 1.165) is 17.7 Å². The number of benzene rings is 3. The summed E-state index contributed by atoms with van der Waals surface area (Å²) in [4.78, 5) is 36.8. The van der Waals surface area contributed by atoms with Gasteiger partial charge in [0.15, 0.2) is 11.6 Å². The topological polar surface area (TPSA) is 80.7 Å². The van der Waals surface area contributed by atoms with E-state index in [2.05, 4.69) is 26.0 Å². The smallest absolute Gasteiger partial charge is 0.336 e. The number of rotatable bonds is 10. The lowest BCUT2D eigenvalue weighted by atomic mass is 9.93. The lowest BCUT2D eigenvalue weighted by Crippen LogP contribution is -2.14. The quantitative estimate of drug-likeness (QED) is 0.345. The number of ether oxygens (including phenoxy) is 1. The zero-order valence-corrected chi connectivity index (χ0v) is 20.0. The predicted molar refractivity (Wildman–Crippen MR) is 132 cm³/mol. The Labute approximate surface area is 200 Å². The highest BCUT2D eigenvalue weighted by atomic mass is 16.5. The summed E-state index contributed by atoms with van der Waals surface area (Å²) in [6.45, 7) is 7.86. The van der Waals surface area contributed by atoms with Gasteiger partial charge in [0.1, 0.15) is 11.5 Å². The number of ketones is 2. The summed E-state index contributed by atoms with van der Waals surface area (Å²) >= 11 is 0. The molecule has 176 valence electrons. The minimum atomic E-state index is -1.23.